The lowest BCUT2D eigenvalue weighted by Crippen LogP contribution is -2.51. The molecule has 5 rings (SSSR count). The van der Waals surface area contributed by atoms with Gasteiger partial charge in [0, 0.05) is 35.2 Å². The first-order chi connectivity index (χ1) is 19.6. The zero-order chi connectivity index (χ0) is 30.8. The van der Waals surface area contributed by atoms with E-state index in [0.29, 0.717) is 32.9 Å². The van der Waals surface area contributed by atoms with Gasteiger partial charge in [-0.1, -0.05) is 24.3 Å². The van der Waals surface area contributed by atoms with Crippen LogP contribution in [0.1, 0.15) is 62.3 Å². The number of ketones is 1. The maximum atomic E-state index is 13.9. The topological polar surface area (TPSA) is 117 Å². The Morgan fingerprint density at radius 3 is 2.31 bits per heavy atom. The summed E-state index contributed by atoms with van der Waals surface area (Å²) < 4.78 is 60.4. The number of ether oxygens (including phenoxy) is 1. The molecular formula is C30H30F4N4O4. The lowest BCUT2D eigenvalue weighted by molar-refractivity contribution is -0.170. The molecule has 0 bridgehead atoms. The van der Waals surface area contributed by atoms with Crippen molar-refractivity contribution in [2.24, 2.45) is 5.73 Å². The molecule has 0 aromatic heterocycles. The number of carbonyl (C=O) groups excluding carboxylic acids is 3. The molecule has 42 heavy (non-hydrogen) atoms. The number of hydrogen-bond acceptors (Lipinski definition) is 6. The van der Waals surface area contributed by atoms with Gasteiger partial charge in [0.25, 0.3) is 5.91 Å². The van der Waals surface area contributed by atoms with Crippen LogP contribution in [0.5, 0.6) is 0 Å². The van der Waals surface area contributed by atoms with Crippen LogP contribution >= 0.6 is 0 Å². The van der Waals surface area contributed by atoms with Gasteiger partial charge in [0.2, 0.25) is 5.60 Å². The average Bonchev–Trinajstić information content (AvgIpc) is 3.57. The highest BCUT2D eigenvalue weighted by molar-refractivity contribution is 6.20. The van der Waals surface area contributed by atoms with E-state index in [1.807, 2.05) is 0 Å². The van der Waals surface area contributed by atoms with Gasteiger partial charge in [0.15, 0.2) is 5.78 Å². The molecule has 2 atom stereocenters. The van der Waals surface area contributed by atoms with E-state index >= 15 is 0 Å². The zero-order valence-electron chi connectivity index (χ0n) is 23.3. The number of amides is 2. The van der Waals surface area contributed by atoms with Crippen LogP contribution in [-0.4, -0.2) is 52.2 Å². The number of Topliss-reactive ketones (excluding diaryl/α,β-unsaturated/α-hetero) is 1. The first kappa shape index (κ1) is 29.3. The van der Waals surface area contributed by atoms with Crippen LogP contribution in [0.15, 0.2) is 48.2 Å². The number of imide groups is 1. The molecule has 2 aliphatic carbocycles. The first-order valence-electron chi connectivity index (χ1n) is 13.4. The molecule has 2 aromatic rings. The molecule has 12 heteroatoms. The van der Waals surface area contributed by atoms with Crippen molar-refractivity contribution in [2.75, 3.05) is 6.54 Å². The van der Waals surface area contributed by atoms with Crippen molar-refractivity contribution in [1.29, 1.82) is 5.41 Å². The predicted octanol–water partition coefficient (Wildman–Crippen LogP) is 5.14. The maximum absolute atomic E-state index is 13.9. The summed E-state index contributed by atoms with van der Waals surface area (Å²) in [5.41, 5.74) is 6.63. The normalized spacial score (nSPS) is 21.7. The number of nitrogens with zero attached hydrogens (tertiary/aromatic N) is 2. The van der Waals surface area contributed by atoms with Crippen LogP contribution in [0.25, 0.3) is 5.57 Å². The fraction of sp³-hybridized carbons (Fsp3) is 0.400. The minimum atomic E-state index is -4.72. The first-order valence-corrected chi connectivity index (χ1v) is 13.4. The van der Waals surface area contributed by atoms with Crippen LogP contribution in [0.2, 0.25) is 0 Å². The standard InChI is InChI=1S/C30H30F4N4O4/c1-16(35)25(17(2)39)20-6-9-22-23(12-20)28(10-11-28)15-29(22)26(40)38(27(41)42-29)14-24(36)37(18(3)30(32,33)34)13-19-4-7-21(31)8-5-19/h4-9,12,18,36H,10-11,13-15,35H2,1-3H3/t18-,29?/m0/s1. The lowest BCUT2D eigenvalue weighted by atomic mass is 9.91. The molecule has 0 radical (unpaired) electrons. The van der Waals surface area contributed by atoms with Gasteiger partial charge in [0.1, 0.15) is 17.7 Å². The van der Waals surface area contributed by atoms with Gasteiger partial charge in [-0.3, -0.25) is 15.0 Å². The van der Waals surface area contributed by atoms with Crippen LogP contribution < -0.4 is 5.73 Å². The number of amidine groups is 1. The van der Waals surface area contributed by atoms with Crippen LogP contribution in [-0.2, 0) is 31.9 Å². The van der Waals surface area contributed by atoms with E-state index in [2.05, 4.69) is 0 Å². The van der Waals surface area contributed by atoms with E-state index in [9.17, 15) is 31.9 Å². The third-order valence-electron chi connectivity index (χ3n) is 8.44. The Balaban J connectivity index is 1.45. The highest BCUT2D eigenvalue weighted by Crippen LogP contribution is 2.64. The van der Waals surface area contributed by atoms with Crippen molar-refractivity contribution in [3.63, 3.8) is 0 Å². The van der Waals surface area contributed by atoms with E-state index in [0.717, 1.165) is 42.4 Å². The van der Waals surface area contributed by atoms with E-state index < -0.39 is 60.0 Å². The van der Waals surface area contributed by atoms with Gasteiger partial charge >= 0.3 is 12.3 Å². The van der Waals surface area contributed by atoms with Crippen LogP contribution in [0.4, 0.5) is 22.4 Å². The monoisotopic (exact) mass is 586 g/mol. The number of benzene rings is 2. The molecule has 1 unspecified atom stereocenters. The Hall–Kier alpha value is -4.22. The molecule has 2 spiro atoms. The number of nitrogens with two attached hydrogens (primary N) is 1. The molecule has 1 saturated heterocycles. The summed E-state index contributed by atoms with van der Waals surface area (Å²) in [4.78, 5) is 40.7. The second-order valence-corrected chi connectivity index (χ2v) is 11.3. The Labute approximate surface area is 239 Å². The summed E-state index contributed by atoms with van der Waals surface area (Å²) in [7, 11) is 0. The average molecular weight is 587 g/mol. The van der Waals surface area contributed by atoms with Crippen molar-refractivity contribution in [1.82, 2.24) is 9.80 Å². The Kier molecular flexibility index (Phi) is 6.94. The van der Waals surface area contributed by atoms with Gasteiger partial charge in [0.05, 0.1) is 6.54 Å². The molecular weight excluding hydrogens is 556 g/mol. The van der Waals surface area contributed by atoms with Gasteiger partial charge in [-0.25, -0.2) is 14.1 Å². The molecule has 3 N–H and O–H groups in total. The molecule has 2 aromatic carbocycles. The number of nitrogens with one attached hydrogen (secondary N) is 1. The molecule has 1 heterocycles. The van der Waals surface area contributed by atoms with Crippen LogP contribution in [0, 0.1) is 11.2 Å². The fourth-order valence-corrected chi connectivity index (χ4v) is 6.10. The number of rotatable bonds is 7. The minimum absolute atomic E-state index is 0.159. The second-order valence-electron chi connectivity index (χ2n) is 11.3. The highest BCUT2D eigenvalue weighted by atomic mass is 19.4. The van der Waals surface area contributed by atoms with Crippen molar-refractivity contribution in [3.8, 4) is 0 Å². The molecule has 2 fully saturated rings. The van der Waals surface area contributed by atoms with Crippen LogP contribution in [0.3, 0.4) is 0 Å². The Morgan fingerprint density at radius 1 is 1.12 bits per heavy atom. The summed E-state index contributed by atoms with van der Waals surface area (Å²) in [5.74, 6) is -2.17. The Bertz CT molecular complexity index is 1530. The second kappa shape index (κ2) is 9.95. The van der Waals surface area contributed by atoms with E-state index in [4.69, 9.17) is 15.9 Å². The van der Waals surface area contributed by atoms with Gasteiger partial charge < -0.3 is 15.4 Å². The molecule has 1 saturated carbocycles. The molecule has 2 amide bonds. The fourth-order valence-electron chi connectivity index (χ4n) is 6.10. The number of halogens is 4. The van der Waals surface area contributed by atoms with Crippen molar-refractivity contribution < 1.29 is 36.7 Å². The summed E-state index contributed by atoms with van der Waals surface area (Å²) in [6.07, 6.45) is -4.17. The zero-order valence-corrected chi connectivity index (χ0v) is 23.3. The third-order valence-corrected chi connectivity index (χ3v) is 8.44. The van der Waals surface area contributed by atoms with Gasteiger partial charge in [-0.2, -0.15) is 13.2 Å². The maximum Gasteiger partial charge on any atom is 0.418 e. The van der Waals surface area contributed by atoms with E-state index in [1.165, 1.54) is 19.1 Å². The smallest absolute Gasteiger partial charge is 0.418 e. The Morgan fingerprint density at radius 2 is 1.76 bits per heavy atom. The van der Waals surface area contributed by atoms with E-state index in [1.54, 1.807) is 25.1 Å². The predicted molar refractivity (Wildman–Crippen MR) is 144 cm³/mol. The summed E-state index contributed by atoms with van der Waals surface area (Å²) >= 11 is 0. The molecule has 8 nitrogen and oxygen atoms in total. The van der Waals surface area contributed by atoms with E-state index in [-0.39, 0.29) is 12.2 Å². The number of fused-ring (bicyclic) bond motifs is 3. The number of carbonyl (C=O) groups is 3. The highest BCUT2D eigenvalue weighted by Gasteiger charge is 2.67. The summed E-state index contributed by atoms with van der Waals surface area (Å²) in [6, 6.07) is 7.74. The lowest BCUT2D eigenvalue weighted by Gasteiger charge is -2.33. The van der Waals surface area contributed by atoms with Crippen molar-refractivity contribution in [3.05, 3.63) is 76.2 Å². The van der Waals surface area contributed by atoms with Crippen molar-refractivity contribution >= 4 is 29.2 Å². The molecule has 3 aliphatic rings. The van der Waals surface area contributed by atoms with Gasteiger partial charge in [-0.15, -0.1) is 0 Å². The number of allylic oxidation sites excluding steroid dienone is 2. The number of hydrogen-bond donors (Lipinski definition) is 2. The quantitative estimate of drug-likeness (QED) is 0.201. The summed E-state index contributed by atoms with van der Waals surface area (Å²) in [6.45, 7) is 2.75. The number of alkyl halides is 3. The van der Waals surface area contributed by atoms with Crippen molar-refractivity contribution in [2.45, 2.75) is 69.8 Å². The molecule has 222 valence electrons. The summed E-state index contributed by atoms with van der Waals surface area (Å²) in [5, 5.41) is 8.54. The largest absolute Gasteiger partial charge is 0.427 e. The SMILES string of the molecule is CC(=O)C(=C(C)N)c1ccc2c(c1)C1(CC1)CC21OC(=O)N(CC(=N)N(Cc2ccc(F)cc2)[C@@H](C)C(F)(F)F)C1=O. The minimum Gasteiger partial charge on any atom is -0.427 e. The van der Waals surface area contributed by atoms with Gasteiger partial charge in [-0.05, 0) is 68.5 Å². The third kappa shape index (κ3) is 4.82. The molecule has 1 aliphatic heterocycles.